The molecule has 1 aromatic rings. The molecule has 4 heteroatoms. The first-order valence-corrected chi connectivity index (χ1v) is 8.17. The summed E-state index contributed by atoms with van der Waals surface area (Å²) in [5, 5.41) is 3.04. The maximum Gasteiger partial charge on any atom is 0.220 e. The minimum absolute atomic E-state index is 0.173. The molecule has 4 nitrogen and oxygen atoms in total. The summed E-state index contributed by atoms with van der Waals surface area (Å²) in [7, 11) is 3.24. The average Bonchev–Trinajstić information content (AvgIpc) is 3.15. The third kappa shape index (κ3) is 3.21. The molecule has 2 aliphatic rings. The van der Waals surface area contributed by atoms with Crippen LogP contribution in [-0.2, 0) is 11.3 Å². The van der Waals surface area contributed by atoms with Gasteiger partial charge in [-0.1, -0.05) is 12.5 Å². The van der Waals surface area contributed by atoms with Gasteiger partial charge in [-0.3, -0.25) is 4.79 Å². The summed E-state index contributed by atoms with van der Waals surface area (Å²) in [5.74, 6) is 3.89. The lowest BCUT2D eigenvalue weighted by molar-refractivity contribution is -0.122. The van der Waals surface area contributed by atoms with E-state index in [9.17, 15) is 4.79 Å². The molecule has 1 aromatic carbocycles. The first-order valence-electron chi connectivity index (χ1n) is 8.17. The van der Waals surface area contributed by atoms with E-state index in [4.69, 9.17) is 9.47 Å². The van der Waals surface area contributed by atoms with E-state index in [2.05, 4.69) is 5.32 Å². The molecular weight excluding hydrogens is 278 g/mol. The summed E-state index contributed by atoms with van der Waals surface area (Å²) in [5.41, 5.74) is 1.03. The Kier molecular flexibility index (Phi) is 4.55. The number of carbonyl (C=O) groups is 1. The number of methoxy groups -OCH3 is 2. The standard InChI is InChI=1S/C18H25NO3/c1-21-16-6-4-13(9-17(16)22-2)11-19-18(20)10-15-8-12-3-5-14(15)7-12/h4,6,9,12,14-15H,3,5,7-8,10-11H2,1-2H3,(H,19,20)/t12-,14-,15-/m1/s1. The van der Waals surface area contributed by atoms with Gasteiger partial charge in [0.25, 0.3) is 0 Å². The summed E-state index contributed by atoms with van der Waals surface area (Å²) in [6.07, 6.45) is 6.02. The zero-order valence-corrected chi connectivity index (χ0v) is 13.4. The highest BCUT2D eigenvalue weighted by Gasteiger charge is 2.39. The molecule has 2 fully saturated rings. The Bertz CT molecular complexity index is 543. The van der Waals surface area contributed by atoms with Crippen molar-refractivity contribution in [3.05, 3.63) is 23.8 Å². The van der Waals surface area contributed by atoms with Gasteiger partial charge < -0.3 is 14.8 Å². The monoisotopic (exact) mass is 303 g/mol. The number of nitrogens with one attached hydrogen (secondary N) is 1. The van der Waals surface area contributed by atoms with Gasteiger partial charge in [-0.25, -0.2) is 0 Å². The first-order chi connectivity index (χ1) is 10.7. The predicted molar refractivity (Wildman–Crippen MR) is 84.9 cm³/mol. The molecule has 1 amide bonds. The SMILES string of the molecule is COc1ccc(CNC(=O)C[C@H]2C[C@@H]3CC[C@@H]2C3)cc1OC. The van der Waals surface area contributed by atoms with Crippen molar-refractivity contribution in [2.24, 2.45) is 17.8 Å². The van der Waals surface area contributed by atoms with Gasteiger partial charge in [-0.05, 0) is 54.7 Å². The van der Waals surface area contributed by atoms with E-state index >= 15 is 0 Å². The molecule has 3 rings (SSSR count). The van der Waals surface area contributed by atoms with Gasteiger partial charge in [-0.15, -0.1) is 0 Å². The molecule has 120 valence electrons. The fourth-order valence-corrected chi connectivity index (χ4v) is 4.13. The van der Waals surface area contributed by atoms with E-state index in [0.29, 0.717) is 30.4 Å². The lowest BCUT2D eigenvalue weighted by atomic mass is 9.86. The van der Waals surface area contributed by atoms with Gasteiger partial charge >= 0.3 is 0 Å². The Balaban J connectivity index is 1.50. The molecule has 0 unspecified atom stereocenters. The molecule has 0 aliphatic heterocycles. The second kappa shape index (κ2) is 6.59. The Morgan fingerprint density at radius 2 is 2.00 bits per heavy atom. The number of hydrogen-bond acceptors (Lipinski definition) is 3. The predicted octanol–water partition coefficient (Wildman–Crippen LogP) is 3.15. The number of hydrogen-bond donors (Lipinski definition) is 1. The normalized spacial score (nSPS) is 26.0. The van der Waals surface area contributed by atoms with Crippen molar-refractivity contribution >= 4 is 5.91 Å². The molecule has 0 saturated heterocycles. The molecule has 0 aromatic heterocycles. The summed E-state index contributed by atoms with van der Waals surface area (Å²) >= 11 is 0. The maximum atomic E-state index is 12.2. The van der Waals surface area contributed by atoms with Crippen molar-refractivity contribution in [2.75, 3.05) is 14.2 Å². The number of rotatable bonds is 6. The van der Waals surface area contributed by atoms with Crippen molar-refractivity contribution < 1.29 is 14.3 Å². The summed E-state index contributed by atoms with van der Waals surface area (Å²) in [6.45, 7) is 0.542. The number of amides is 1. The fraction of sp³-hybridized carbons (Fsp3) is 0.611. The molecule has 22 heavy (non-hydrogen) atoms. The van der Waals surface area contributed by atoms with Gasteiger partial charge in [0.1, 0.15) is 0 Å². The van der Waals surface area contributed by atoms with E-state index in [1.807, 2.05) is 18.2 Å². The highest BCUT2D eigenvalue weighted by atomic mass is 16.5. The van der Waals surface area contributed by atoms with Crippen molar-refractivity contribution in [3.63, 3.8) is 0 Å². The Morgan fingerprint density at radius 3 is 2.64 bits per heavy atom. The lowest BCUT2D eigenvalue weighted by Crippen LogP contribution is -2.26. The molecule has 1 N–H and O–H groups in total. The van der Waals surface area contributed by atoms with Crippen LogP contribution in [0.2, 0.25) is 0 Å². The Labute approximate surface area is 132 Å². The zero-order valence-electron chi connectivity index (χ0n) is 13.4. The van der Waals surface area contributed by atoms with Crippen LogP contribution in [-0.4, -0.2) is 20.1 Å². The van der Waals surface area contributed by atoms with E-state index in [-0.39, 0.29) is 5.91 Å². The third-order valence-electron chi connectivity index (χ3n) is 5.27. The summed E-state index contributed by atoms with van der Waals surface area (Å²) < 4.78 is 10.5. The lowest BCUT2D eigenvalue weighted by Gasteiger charge is -2.21. The first kappa shape index (κ1) is 15.2. The second-order valence-electron chi connectivity index (χ2n) is 6.61. The maximum absolute atomic E-state index is 12.2. The van der Waals surface area contributed by atoms with Gasteiger partial charge in [0, 0.05) is 13.0 Å². The molecule has 3 atom stereocenters. The summed E-state index contributed by atoms with van der Waals surface area (Å²) in [6, 6.07) is 5.74. The van der Waals surface area contributed by atoms with Gasteiger partial charge in [0.2, 0.25) is 5.91 Å². The highest BCUT2D eigenvalue weighted by Crippen LogP contribution is 2.49. The van der Waals surface area contributed by atoms with Crippen LogP contribution in [0.15, 0.2) is 18.2 Å². The number of carbonyl (C=O) groups excluding carboxylic acids is 1. The molecule has 2 bridgehead atoms. The van der Waals surface area contributed by atoms with Crippen LogP contribution in [0, 0.1) is 17.8 Å². The van der Waals surface area contributed by atoms with E-state index in [1.165, 1.54) is 25.7 Å². The van der Waals surface area contributed by atoms with Gasteiger partial charge in [0.15, 0.2) is 11.5 Å². The van der Waals surface area contributed by atoms with Crippen molar-refractivity contribution in [3.8, 4) is 11.5 Å². The van der Waals surface area contributed by atoms with Gasteiger partial charge in [0.05, 0.1) is 14.2 Å². The average molecular weight is 303 g/mol. The Morgan fingerprint density at radius 1 is 1.18 bits per heavy atom. The van der Waals surface area contributed by atoms with Crippen LogP contribution in [0.3, 0.4) is 0 Å². The van der Waals surface area contributed by atoms with Crippen LogP contribution in [0.25, 0.3) is 0 Å². The van der Waals surface area contributed by atoms with Crippen LogP contribution in [0.1, 0.15) is 37.7 Å². The topological polar surface area (TPSA) is 47.6 Å². The number of ether oxygens (including phenoxy) is 2. The molecule has 0 radical (unpaired) electrons. The van der Waals surface area contributed by atoms with Crippen LogP contribution < -0.4 is 14.8 Å². The van der Waals surface area contributed by atoms with E-state index in [1.54, 1.807) is 14.2 Å². The second-order valence-corrected chi connectivity index (χ2v) is 6.61. The van der Waals surface area contributed by atoms with Crippen molar-refractivity contribution in [1.29, 1.82) is 0 Å². The third-order valence-corrected chi connectivity index (χ3v) is 5.27. The highest BCUT2D eigenvalue weighted by molar-refractivity contribution is 5.76. The Hall–Kier alpha value is -1.71. The van der Waals surface area contributed by atoms with Crippen LogP contribution in [0.5, 0.6) is 11.5 Å². The molecule has 2 aliphatic carbocycles. The molecule has 0 heterocycles. The number of fused-ring (bicyclic) bond motifs is 2. The van der Waals surface area contributed by atoms with E-state index < -0.39 is 0 Å². The quantitative estimate of drug-likeness (QED) is 0.878. The minimum atomic E-state index is 0.173. The molecular formula is C18H25NO3. The van der Waals surface area contributed by atoms with Gasteiger partial charge in [-0.2, -0.15) is 0 Å². The number of benzene rings is 1. The molecule has 2 saturated carbocycles. The van der Waals surface area contributed by atoms with Crippen molar-refractivity contribution in [1.82, 2.24) is 5.32 Å². The van der Waals surface area contributed by atoms with Crippen molar-refractivity contribution in [2.45, 2.75) is 38.6 Å². The fourth-order valence-electron chi connectivity index (χ4n) is 4.13. The van der Waals surface area contributed by atoms with Crippen LogP contribution in [0.4, 0.5) is 0 Å². The molecule has 0 spiro atoms. The minimum Gasteiger partial charge on any atom is -0.493 e. The van der Waals surface area contributed by atoms with E-state index in [0.717, 1.165) is 17.4 Å². The largest absolute Gasteiger partial charge is 0.493 e. The summed E-state index contributed by atoms with van der Waals surface area (Å²) in [4.78, 5) is 12.2. The van der Waals surface area contributed by atoms with Crippen LogP contribution >= 0.6 is 0 Å². The smallest absolute Gasteiger partial charge is 0.220 e. The zero-order chi connectivity index (χ0) is 15.5.